The number of carbonyl (C=O) groups is 1. The van der Waals surface area contributed by atoms with Crippen molar-refractivity contribution in [1.29, 1.82) is 0 Å². The first-order valence-corrected chi connectivity index (χ1v) is 7.84. The van der Waals surface area contributed by atoms with Crippen LogP contribution < -0.4 is 10.1 Å². The van der Waals surface area contributed by atoms with Crippen LogP contribution in [0.4, 0.5) is 5.95 Å². The maximum atomic E-state index is 12.3. The Hall–Kier alpha value is -3.48. The van der Waals surface area contributed by atoms with Gasteiger partial charge >= 0.3 is 0 Å². The third kappa shape index (κ3) is 2.99. The molecule has 1 atom stereocenters. The summed E-state index contributed by atoms with van der Waals surface area (Å²) in [7, 11) is 0. The summed E-state index contributed by atoms with van der Waals surface area (Å²) >= 11 is 0. The van der Waals surface area contributed by atoms with Gasteiger partial charge in [-0.2, -0.15) is 4.98 Å². The van der Waals surface area contributed by atoms with Crippen molar-refractivity contribution in [2.75, 3.05) is 5.32 Å². The Bertz CT molecular complexity index is 1050. The van der Waals surface area contributed by atoms with Gasteiger partial charge in [-0.25, -0.2) is 0 Å². The molecule has 0 bridgehead atoms. The summed E-state index contributed by atoms with van der Waals surface area (Å²) < 4.78 is 5.59. The summed E-state index contributed by atoms with van der Waals surface area (Å²) in [6, 6.07) is 16.9. The zero-order chi connectivity index (χ0) is 17.2. The molecule has 0 spiro atoms. The van der Waals surface area contributed by atoms with Gasteiger partial charge in [0.25, 0.3) is 11.9 Å². The summed E-state index contributed by atoms with van der Waals surface area (Å²) in [5.74, 6) is 0.406. The summed E-state index contributed by atoms with van der Waals surface area (Å²) in [6.07, 6.45) is -0.690. The van der Waals surface area contributed by atoms with Gasteiger partial charge in [-0.3, -0.25) is 10.1 Å². The van der Waals surface area contributed by atoms with Gasteiger partial charge in [-0.15, -0.1) is 10.2 Å². The number of hydrogen-bond acceptors (Lipinski definition) is 5. The number of rotatable bonds is 4. The maximum Gasteiger partial charge on any atom is 0.267 e. The average molecular weight is 333 g/mol. The SMILES string of the molecule is C[C@H](Oc1ccccc1)C(=O)Nc1nnc2c(n1)[nH]c1ccccc12. The molecule has 124 valence electrons. The molecular formula is C18H15N5O2. The number of aromatic amines is 1. The molecule has 2 N–H and O–H groups in total. The molecule has 2 aromatic carbocycles. The Morgan fingerprint density at radius 1 is 1.08 bits per heavy atom. The van der Waals surface area contributed by atoms with Gasteiger partial charge in [0.15, 0.2) is 11.8 Å². The van der Waals surface area contributed by atoms with E-state index >= 15 is 0 Å². The highest BCUT2D eigenvalue weighted by atomic mass is 16.5. The largest absolute Gasteiger partial charge is 0.481 e. The number of aromatic nitrogens is 4. The van der Waals surface area contributed by atoms with Crippen LogP contribution >= 0.6 is 0 Å². The van der Waals surface area contributed by atoms with Crippen LogP contribution in [0.15, 0.2) is 54.6 Å². The fourth-order valence-corrected chi connectivity index (χ4v) is 2.54. The molecule has 4 rings (SSSR count). The van der Waals surface area contributed by atoms with E-state index in [9.17, 15) is 4.79 Å². The van der Waals surface area contributed by atoms with Gasteiger partial charge in [-0.05, 0) is 25.1 Å². The van der Waals surface area contributed by atoms with E-state index in [2.05, 4.69) is 25.5 Å². The predicted octanol–water partition coefficient (Wildman–Crippen LogP) is 2.91. The van der Waals surface area contributed by atoms with Crippen molar-refractivity contribution in [3.05, 3.63) is 54.6 Å². The Kier molecular flexibility index (Phi) is 3.74. The van der Waals surface area contributed by atoms with E-state index in [1.54, 1.807) is 19.1 Å². The molecule has 25 heavy (non-hydrogen) atoms. The first-order valence-electron chi connectivity index (χ1n) is 7.84. The first-order chi connectivity index (χ1) is 12.2. The third-order valence-corrected chi connectivity index (χ3v) is 3.78. The lowest BCUT2D eigenvalue weighted by Gasteiger charge is -2.13. The van der Waals surface area contributed by atoms with Crippen molar-refractivity contribution in [2.45, 2.75) is 13.0 Å². The van der Waals surface area contributed by atoms with E-state index in [1.165, 1.54) is 0 Å². The lowest BCUT2D eigenvalue weighted by Crippen LogP contribution is -2.30. The molecule has 7 nitrogen and oxygen atoms in total. The van der Waals surface area contributed by atoms with E-state index in [0.717, 1.165) is 10.9 Å². The van der Waals surface area contributed by atoms with Crippen LogP contribution in [0.1, 0.15) is 6.92 Å². The summed E-state index contributed by atoms with van der Waals surface area (Å²) in [6.45, 7) is 1.66. The lowest BCUT2D eigenvalue weighted by atomic mass is 10.2. The number of H-pyrrole nitrogens is 1. The molecule has 0 fully saturated rings. The number of fused-ring (bicyclic) bond motifs is 3. The van der Waals surface area contributed by atoms with Crippen molar-refractivity contribution in [2.24, 2.45) is 0 Å². The average Bonchev–Trinajstić information content (AvgIpc) is 3.00. The van der Waals surface area contributed by atoms with Crippen LogP contribution in [-0.2, 0) is 4.79 Å². The molecule has 0 saturated carbocycles. The minimum atomic E-state index is -0.690. The topological polar surface area (TPSA) is 92.8 Å². The van der Waals surface area contributed by atoms with Crippen LogP contribution in [0.3, 0.4) is 0 Å². The van der Waals surface area contributed by atoms with Crippen LogP contribution in [0.25, 0.3) is 22.1 Å². The van der Waals surface area contributed by atoms with Gasteiger partial charge in [-0.1, -0.05) is 36.4 Å². The molecule has 2 heterocycles. The quantitative estimate of drug-likeness (QED) is 0.599. The van der Waals surface area contributed by atoms with Gasteiger partial charge < -0.3 is 9.72 Å². The van der Waals surface area contributed by atoms with E-state index in [0.29, 0.717) is 16.9 Å². The van der Waals surface area contributed by atoms with E-state index in [1.807, 2.05) is 42.5 Å². The zero-order valence-corrected chi connectivity index (χ0v) is 13.4. The third-order valence-electron chi connectivity index (χ3n) is 3.78. The van der Waals surface area contributed by atoms with Crippen molar-refractivity contribution in [3.8, 4) is 5.75 Å². The number of benzene rings is 2. The van der Waals surface area contributed by atoms with Gasteiger partial charge in [0.1, 0.15) is 11.3 Å². The number of amides is 1. The van der Waals surface area contributed by atoms with Crippen LogP contribution in [-0.4, -0.2) is 32.2 Å². The van der Waals surface area contributed by atoms with Crippen molar-refractivity contribution >= 4 is 33.9 Å². The molecule has 1 amide bonds. The minimum Gasteiger partial charge on any atom is -0.481 e. The zero-order valence-electron chi connectivity index (χ0n) is 13.4. The number of hydrogen-bond donors (Lipinski definition) is 2. The number of nitrogens with zero attached hydrogens (tertiary/aromatic N) is 3. The molecule has 0 aliphatic rings. The number of carbonyl (C=O) groups excluding carboxylic acids is 1. The standard InChI is InChI=1S/C18H15N5O2/c1-11(25-12-7-3-2-4-8-12)17(24)21-18-20-16-15(22-23-18)13-9-5-6-10-14(13)19-16/h2-11H,1H3,(H2,19,20,21,23,24)/t11-/m0/s1. The fourth-order valence-electron chi connectivity index (χ4n) is 2.54. The smallest absolute Gasteiger partial charge is 0.267 e. The Balaban J connectivity index is 1.53. The maximum absolute atomic E-state index is 12.3. The molecular weight excluding hydrogens is 318 g/mol. The number of para-hydroxylation sites is 2. The molecule has 4 aromatic rings. The molecule has 2 aromatic heterocycles. The Morgan fingerprint density at radius 2 is 1.84 bits per heavy atom. The van der Waals surface area contributed by atoms with Gasteiger partial charge in [0.2, 0.25) is 0 Å². The lowest BCUT2D eigenvalue weighted by molar-refractivity contribution is -0.122. The highest BCUT2D eigenvalue weighted by Crippen LogP contribution is 2.21. The second kappa shape index (κ2) is 6.20. The highest BCUT2D eigenvalue weighted by Gasteiger charge is 2.17. The van der Waals surface area contributed by atoms with Crippen LogP contribution in [0.5, 0.6) is 5.75 Å². The summed E-state index contributed by atoms with van der Waals surface area (Å²) in [5, 5.41) is 11.7. The van der Waals surface area contributed by atoms with E-state index < -0.39 is 6.10 Å². The predicted molar refractivity (Wildman–Crippen MR) is 94.4 cm³/mol. The molecule has 0 saturated heterocycles. The number of ether oxygens (including phenoxy) is 1. The van der Waals surface area contributed by atoms with Crippen molar-refractivity contribution < 1.29 is 9.53 Å². The van der Waals surface area contributed by atoms with E-state index in [4.69, 9.17) is 4.74 Å². The Morgan fingerprint density at radius 3 is 2.68 bits per heavy atom. The fraction of sp³-hybridized carbons (Fsp3) is 0.111. The normalized spacial score (nSPS) is 12.2. The molecule has 0 aliphatic heterocycles. The first kappa shape index (κ1) is 15.1. The second-order valence-corrected chi connectivity index (χ2v) is 5.57. The Labute approximate surface area is 143 Å². The van der Waals surface area contributed by atoms with Gasteiger partial charge in [0, 0.05) is 10.9 Å². The van der Waals surface area contributed by atoms with Gasteiger partial charge in [0.05, 0.1) is 0 Å². The van der Waals surface area contributed by atoms with E-state index in [-0.39, 0.29) is 11.9 Å². The van der Waals surface area contributed by atoms with Crippen molar-refractivity contribution in [3.63, 3.8) is 0 Å². The molecule has 0 aliphatic carbocycles. The van der Waals surface area contributed by atoms with Crippen molar-refractivity contribution in [1.82, 2.24) is 20.2 Å². The molecule has 0 radical (unpaired) electrons. The molecule has 0 unspecified atom stereocenters. The highest BCUT2D eigenvalue weighted by molar-refractivity contribution is 6.03. The monoisotopic (exact) mass is 333 g/mol. The minimum absolute atomic E-state index is 0.132. The summed E-state index contributed by atoms with van der Waals surface area (Å²) in [4.78, 5) is 19.8. The number of anilines is 1. The van der Waals surface area contributed by atoms with Crippen LogP contribution in [0.2, 0.25) is 0 Å². The second-order valence-electron chi connectivity index (χ2n) is 5.57. The number of nitrogens with one attached hydrogen (secondary N) is 2. The molecule has 7 heteroatoms. The summed E-state index contributed by atoms with van der Waals surface area (Å²) in [5.41, 5.74) is 2.16. The van der Waals surface area contributed by atoms with Crippen LogP contribution in [0, 0.1) is 0 Å².